The summed E-state index contributed by atoms with van der Waals surface area (Å²) in [6.07, 6.45) is 4.36. The molecule has 32 heavy (non-hydrogen) atoms. The Bertz CT molecular complexity index is 1150. The summed E-state index contributed by atoms with van der Waals surface area (Å²) in [5.74, 6) is -0.213. The van der Waals surface area contributed by atoms with Crippen LogP contribution in [0.3, 0.4) is 0 Å². The Kier molecular flexibility index (Phi) is 8.20. The number of nitrogens with one attached hydrogen (secondary N) is 1. The summed E-state index contributed by atoms with van der Waals surface area (Å²) in [5.41, 5.74) is 0.527. The predicted octanol–water partition coefficient (Wildman–Crippen LogP) is 3.96. The Labute approximate surface area is 185 Å². The number of rotatable bonds is 10. The first-order valence-electron chi connectivity index (χ1n) is 10.5. The minimum Gasteiger partial charge on any atom is -0.494 e. The maximum atomic E-state index is 12.2. The van der Waals surface area contributed by atoms with Crippen molar-refractivity contribution < 1.29 is 23.5 Å². The number of carbonyl (C=O) groups is 2. The van der Waals surface area contributed by atoms with Crippen molar-refractivity contribution in [2.75, 3.05) is 19.8 Å². The van der Waals surface area contributed by atoms with Gasteiger partial charge in [-0.2, -0.15) is 0 Å². The molecule has 2 aromatic carbocycles. The van der Waals surface area contributed by atoms with Crippen LogP contribution in [0.1, 0.15) is 35.7 Å². The van der Waals surface area contributed by atoms with Gasteiger partial charge in [-0.3, -0.25) is 4.79 Å². The lowest BCUT2D eigenvalue weighted by Crippen LogP contribution is -2.29. The van der Waals surface area contributed by atoms with Gasteiger partial charge in [0.2, 0.25) is 0 Å². The van der Waals surface area contributed by atoms with E-state index in [1.165, 1.54) is 12.1 Å². The minimum absolute atomic E-state index is 0.0604. The Morgan fingerprint density at radius 1 is 1.06 bits per heavy atom. The lowest BCUT2D eigenvalue weighted by Gasteiger charge is -2.06. The number of benzene rings is 2. The van der Waals surface area contributed by atoms with Gasteiger partial charge in [0, 0.05) is 18.0 Å². The lowest BCUT2D eigenvalue weighted by atomic mass is 10.2. The second-order valence-electron chi connectivity index (χ2n) is 7.01. The first-order valence-corrected chi connectivity index (χ1v) is 10.5. The van der Waals surface area contributed by atoms with E-state index in [1.54, 1.807) is 30.3 Å². The van der Waals surface area contributed by atoms with E-state index in [4.69, 9.17) is 13.9 Å². The summed E-state index contributed by atoms with van der Waals surface area (Å²) < 4.78 is 15.8. The van der Waals surface area contributed by atoms with Gasteiger partial charge in [0.15, 0.2) is 0 Å². The topological polar surface area (TPSA) is 94.8 Å². The Morgan fingerprint density at radius 2 is 1.84 bits per heavy atom. The molecule has 0 atom stereocenters. The monoisotopic (exact) mass is 435 g/mol. The van der Waals surface area contributed by atoms with Crippen molar-refractivity contribution >= 4 is 28.9 Å². The molecule has 7 heteroatoms. The molecule has 166 valence electrons. The van der Waals surface area contributed by atoms with E-state index < -0.39 is 17.5 Å². The summed E-state index contributed by atoms with van der Waals surface area (Å²) in [5, 5.41) is 3.30. The number of ether oxygens (including phenoxy) is 2. The van der Waals surface area contributed by atoms with E-state index in [0.29, 0.717) is 24.0 Å². The normalized spacial score (nSPS) is 10.9. The van der Waals surface area contributed by atoms with E-state index in [2.05, 4.69) is 5.32 Å². The van der Waals surface area contributed by atoms with Crippen LogP contribution in [0.5, 0.6) is 5.75 Å². The number of para-hydroxylation sites is 1. The highest BCUT2D eigenvalue weighted by atomic mass is 16.5. The van der Waals surface area contributed by atoms with Crippen LogP contribution < -0.4 is 15.7 Å². The number of esters is 1. The van der Waals surface area contributed by atoms with E-state index in [0.717, 1.165) is 17.7 Å². The highest BCUT2D eigenvalue weighted by molar-refractivity contribution is 5.96. The number of hydrogen-bond donors (Lipinski definition) is 1. The van der Waals surface area contributed by atoms with Crippen LogP contribution in [0.2, 0.25) is 0 Å². The van der Waals surface area contributed by atoms with Crippen molar-refractivity contribution in [1.29, 1.82) is 0 Å². The van der Waals surface area contributed by atoms with Gasteiger partial charge >= 0.3 is 11.6 Å². The SMILES string of the molecule is CCCOc1ccc(/C=C/C(=O)OCCCNC(=O)c2cc3ccccc3oc2=O)cc1. The molecular formula is C25H25NO6. The highest BCUT2D eigenvalue weighted by Crippen LogP contribution is 2.14. The number of amides is 1. The van der Waals surface area contributed by atoms with Crippen molar-refractivity contribution in [3.05, 3.63) is 82.2 Å². The summed E-state index contributed by atoms with van der Waals surface area (Å²) in [6.45, 7) is 3.10. The molecule has 7 nitrogen and oxygen atoms in total. The molecule has 0 saturated heterocycles. The number of carbonyl (C=O) groups excluding carboxylic acids is 2. The van der Waals surface area contributed by atoms with Gasteiger partial charge in [-0.1, -0.05) is 37.3 Å². The van der Waals surface area contributed by atoms with Gasteiger partial charge in [-0.25, -0.2) is 9.59 Å². The third-order valence-electron chi connectivity index (χ3n) is 4.50. The van der Waals surface area contributed by atoms with Crippen LogP contribution in [-0.2, 0) is 9.53 Å². The lowest BCUT2D eigenvalue weighted by molar-refractivity contribution is -0.137. The van der Waals surface area contributed by atoms with E-state index in [9.17, 15) is 14.4 Å². The molecule has 1 heterocycles. The summed E-state index contributed by atoms with van der Waals surface area (Å²) in [6, 6.07) is 15.9. The molecule has 0 radical (unpaired) electrons. The molecule has 0 bridgehead atoms. The quantitative estimate of drug-likeness (QED) is 0.224. The fourth-order valence-electron chi connectivity index (χ4n) is 2.87. The smallest absolute Gasteiger partial charge is 0.349 e. The molecule has 3 rings (SSSR count). The van der Waals surface area contributed by atoms with Gasteiger partial charge in [0.25, 0.3) is 5.91 Å². The maximum absolute atomic E-state index is 12.2. The molecule has 1 N–H and O–H groups in total. The molecule has 0 fully saturated rings. The van der Waals surface area contributed by atoms with Crippen molar-refractivity contribution in [3.63, 3.8) is 0 Å². The second kappa shape index (κ2) is 11.5. The maximum Gasteiger partial charge on any atom is 0.349 e. The van der Waals surface area contributed by atoms with Gasteiger partial charge in [-0.05, 0) is 48.7 Å². The zero-order chi connectivity index (χ0) is 22.8. The summed E-state index contributed by atoms with van der Waals surface area (Å²) in [4.78, 5) is 36.1. The average molecular weight is 435 g/mol. The van der Waals surface area contributed by atoms with Gasteiger partial charge < -0.3 is 19.2 Å². The molecule has 1 amide bonds. The standard InChI is InChI=1S/C25H25NO6/c1-2-15-30-20-11-8-18(9-12-20)10-13-23(27)31-16-5-14-26-24(28)21-17-19-6-3-4-7-22(19)32-25(21)29/h3-4,6-13,17H,2,5,14-16H2,1H3,(H,26,28)/b13-10+. The zero-order valence-electron chi connectivity index (χ0n) is 17.8. The number of hydrogen-bond acceptors (Lipinski definition) is 6. The van der Waals surface area contributed by atoms with Crippen LogP contribution in [0.4, 0.5) is 0 Å². The average Bonchev–Trinajstić information content (AvgIpc) is 2.81. The van der Waals surface area contributed by atoms with Gasteiger partial charge in [0.1, 0.15) is 16.9 Å². The predicted molar refractivity (Wildman–Crippen MR) is 122 cm³/mol. The zero-order valence-corrected chi connectivity index (χ0v) is 17.8. The third kappa shape index (κ3) is 6.57. The Hall–Kier alpha value is -3.87. The largest absolute Gasteiger partial charge is 0.494 e. The Morgan fingerprint density at radius 3 is 2.62 bits per heavy atom. The first-order chi connectivity index (χ1) is 15.6. The molecule has 0 aliphatic carbocycles. The summed E-state index contributed by atoms with van der Waals surface area (Å²) >= 11 is 0. The van der Waals surface area contributed by atoms with Crippen LogP contribution >= 0.6 is 0 Å². The van der Waals surface area contributed by atoms with E-state index in [1.807, 2.05) is 31.2 Å². The molecule has 3 aromatic rings. The third-order valence-corrected chi connectivity index (χ3v) is 4.50. The van der Waals surface area contributed by atoms with Gasteiger partial charge in [-0.15, -0.1) is 0 Å². The first kappa shape index (κ1) is 22.8. The molecule has 0 unspecified atom stereocenters. The number of fused-ring (bicyclic) bond motifs is 1. The van der Waals surface area contributed by atoms with Gasteiger partial charge in [0.05, 0.1) is 13.2 Å². The fraction of sp³-hybridized carbons (Fsp3) is 0.240. The van der Waals surface area contributed by atoms with E-state index in [-0.39, 0.29) is 18.7 Å². The molecule has 1 aromatic heterocycles. The fourth-order valence-corrected chi connectivity index (χ4v) is 2.87. The van der Waals surface area contributed by atoms with Crippen LogP contribution in [0.15, 0.2) is 69.9 Å². The van der Waals surface area contributed by atoms with Crippen molar-refractivity contribution in [2.24, 2.45) is 0 Å². The highest BCUT2D eigenvalue weighted by Gasteiger charge is 2.13. The molecule has 0 spiro atoms. The van der Waals surface area contributed by atoms with Crippen molar-refractivity contribution in [3.8, 4) is 5.75 Å². The molecule has 0 saturated carbocycles. The van der Waals surface area contributed by atoms with Crippen LogP contribution in [0, 0.1) is 0 Å². The van der Waals surface area contributed by atoms with E-state index >= 15 is 0 Å². The second-order valence-corrected chi connectivity index (χ2v) is 7.01. The van der Waals surface area contributed by atoms with Crippen LogP contribution in [-0.4, -0.2) is 31.6 Å². The molecule has 0 aliphatic heterocycles. The summed E-state index contributed by atoms with van der Waals surface area (Å²) in [7, 11) is 0. The van der Waals surface area contributed by atoms with Crippen molar-refractivity contribution in [1.82, 2.24) is 5.32 Å². The molecule has 0 aliphatic rings. The molecular weight excluding hydrogens is 410 g/mol. The Balaban J connectivity index is 1.39. The van der Waals surface area contributed by atoms with Crippen LogP contribution in [0.25, 0.3) is 17.0 Å². The minimum atomic E-state index is -0.692. The van der Waals surface area contributed by atoms with Crippen molar-refractivity contribution in [2.45, 2.75) is 19.8 Å².